The average Bonchev–Trinajstić information content (AvgIpc) is 2.77. The topological polar surface area (TPSA) is 85.1 Å². The lowest BCUT2D eigenvalue weighted by Gasteiger charge is -2.18. The maximum absolute atomic E-state index is 11.7. The molecule has 1 aliphatic rings. The van der Waals surface area contributed by atoms with Crippen molar-refractivity contribution < 1.29 is 12.9 Å². The Labute approximate surface area is 107 Å². The molecule has 0 spiro atoms. The van der Waals surface area contributed by atoms with E-state index in [0.29, 0.717) is 12.3 Å². The molecule has 6 nitrogen and oxygen atoms in total. The lowest BCUT2D eigenvalue weighted by Crippen LogP contribution is -2.26. The summed E-state index contributed by atoms with van der Waals surface area (Å²) in [5.74, 6) is 1.19. The van der Waals surface area contributed by atoms with Gasteiger partial charge in [0.25, 0.3) is 0 Å². The SMILES string of the molecule is CCCS(=O)(=O)Cc1noc(C2CCNCC2)n1. The van der Waals surface area contributed by atoms with Gasteiger partial charge in [-0.05, 0) is 32.4 Å². The van der Waals surface area contributed by atoms with Gasteiger partial charge >= 0.3 is 0 Å². The first-order valence-electron chi connectivity index (χ1n) is 6.34. The summed E-state index contributed by atoms with van der Waals surface area (Å²) in [6.07, 6.45) is 2.54. The highest BCUT2D eigenvalue weighted by molar-refractivity contribution is 7.90. The van der Waals surface area contributed by atoms with E-state index >= 15 is 0 Å². The van der Waals surface area contributed by atoms with Crippen molar-refractivity contribution in [3.63, 3.8) is 0 Å². The molecule has 7 heteroatoms. The summed E-state index contributed by atoms with van der Waals surface area (Å²) in [6, 6.07) is 0. The van der Waals surface area contributed by atoms with E-state index in [1.807, 2.05) is 6.92 Å². The summed E-state index contributed by atoms with van der Waals surface area (Å²) in [7, 11) is -3.10. The second kappa shape index (κ2) is 5.79. The van der Waals surface area contributed by atoms with Crippen LogP contribution in [0, 0.1) is 0 Å². The molecule has 1 saturated heterocycles. The molecule has 1 aromatic heterocycles. The Morgan fingerprint density at radius 3 is 2.78 bits per heavy atom. The summed E-state index contributed by atoms with van der Waals surface area (Å²) in [5.41, 5.74) is 0. The predicted octanol–water partition coefficient (Wildman–Crippen LogP) is 0.861. The molecule has 0 radical (unpaired) electrons. The molecule has 2 rings (SSSR count). The smallest absolute Gasteiger partial charge is 0.229 e. The van der Waals surface area contributed by atoms with Gasteiger partial charge in [0, 0.05) is 5.92 Å². The molecule has 0 amide bonds. The highest BCUT2D eigenvalue weighted by atomic mass is 32.2. The number of hydrogen-bond acceptors (Lipinski definition) is 6. The van der Waals surface area contributed by atoms with Crippen LogP contribution in [-0.2, 0) is 15.6 Å². The van der Waals surface area contributed by atoms with Gasteiger partial charge in [0.1, 0.15) is 5.75 Å². The van der Waals surface area contributed by atoms with Gasteiger partial charge in [-0.3, -0.25) is 0 Å². The van der Waals surface area contributed by atoms with Crippen LogP contribution >= 0.6 is 0 Å². The van der Waals surface area contributed by atoms with E-state index in [9.17, 15) is 8.42 Å². The zero-order valence-electron chi connectivity index (χ0n) is 10.6. The van der Waals surface area contributed by atoms with Crippen molar-refractivity contribution in [2.24, 2.45) is 0 Å². The summed E-state index contributed by atoms with van der Waals surface area (Å²) in [6.45, 7) is 3.72. The summed E-state index contributed by atoms with van der Waals surface area (Å²) >= 11 is 0. The molecule has 0 aliphatic carbocycles. The molecule has 1 N–H and O–H groups in total. The standard InChI is InChI=1S/C11H19N3O3S/c1-2-7-18(15,16)8-10-13-11(17-14-10)9-3-5-12-6-4-9/h9,12H,2-8H2,1H3. The number of nitrogens with one attached hydrogen (secondary N) is 1. The Kier molecular flexibility index (Phi) is 4.34. The molecule has 0 bridgehead atoms. The number of sulfone groups is 1. The van der Waals surface area contributed by atoms with Crippen molar-refractivity contribution in [2.45, 2.75) is 37.9 Å². The second-order valence-corrected chi connectivity index (χ2v) is 6.85. The van der Waals surface area contributed by atoms with Gasteiger partial charge in [-0.25, -0.2) is 8.42 Å². The Morgan fingerprint density at radius 2 is 2.11 bits per heavy atom. The highest BCUT2D eigenvalue weighted by Gasteiger charge is 2.23. The molecule has 0 atom stereocenters. The number of nitrogens with zero attached hydrogens (tertiary/aromatic N) is 2. The molecule has 102 valence electrons. The quantitative estimate of drug-likeness (QED) is 0.856. The number of hydrogen-bond donors (Lipinski definition) is 1. The maximum Gasteiger partial charge on any atom is 0.229 e. The molecule has 0 unspecified atom stereocenters. The predicted molar refractivity (Wildman–Crippen MR) is 66.9 cm³/mol. The molecule has 2 heterocycles. The van der Waals surface area contributed by atoms with Crippen LogP contribution in [0.2, 0.25) is 0 Å². The van der Waals surface area contributed by atoms with Crippen LogP contribution < -0.4 is 5.32 Å². The number of aromatic nitrogens is 2. The Bertz CT molecular complexity index is 477. The molecule has 18 heavy (non-hydrogen) atoms. The third-order valence-electron chi connectivity index (χ3n) is 3.04. The third kappa shape index (κ3) is 3.52. The Morgan fingerprint density at radius 1 is 1.39 bits per heavy atom. The third-order valence-corrected chi connectivity index (χ3v) is 4.76. The van der Waals surface area contributed by atoms with Gasteiger partial charge in [0.05, 0.1) is 5.75 Å². The van der Waals surface area contributed by atoms with E-state index in [-0.39, 0.29) is 23.2 Å². The minimum absolute atomic E-state index is 0.116. The van der Waals surface area contributed by atoms with Crippen molar-refractivity contribution in [1.29, 1.82) is 0 Å². The van der Waals surface area contributed by atoms with Crippen molar-refractivity contribution in [3.8, 4) is 0 Å². The van der Waals surface area contributed by atoms with Crippen molar-refractivity contribution >= 4 is 9.84 Å². The summed E-state index contributed by atoms with van der Waals surface area (Å²) < 4.78 is 28.5. The van der Waals surface area contributed by atoms with Gasteiger partial charge in [-0.2, -0.15) is 4.98 Å². The lowest BCUT2D eigenvalue weighted by atomic mass is 9.98. The molecule has 0 saturated carbocycles. The van der Waals surface area contributed by atoms with Gasteiger partial charge in [-0.1, -0.05) is 12.1 Å². The lowest BCUT2D eigenvalue weighted by molar-refractivity contribution is 0.318. The number of rotatable bonds is 5. The van der Waals surface area contributed by atoms with Crippen LogP contribution in [0.5, 0.6) is 0 Å². The molecule has 1 aromatic rings. The van der Waals surface area contributed by atoms with Crippen LogP contribution in [0.1, 0.15) is 43.8 Å². The van der Waals surface area contributed by atoms with Crippen LogP contribution in [0.3, 0.4) is 0 Å². The zero-order valence-corrected chi connectivity index (χ0v) is 11.4. The van der Waals surface area contributed by atoms with E-state index < -0.39 is 9.84 Å². The van der Waals surface area contributed by atoms with Crippen molar-refractivity contribution in [3.05, 3.63) is 11.7 Å². The molecular weight excluding hydrogens is 254 g/mol. The van der Waals surface area contributed by atoms with Crippen LogP contribution in [0.4, 0.5) is 0 Å². The van der Waals surface area contributed by atoms with E-state index in [4.69, 9.17) is 4.52 Å². The summed E-state index contributed by atoms with van der Waals surface area (Å²) in [4.78, 5) is 4.22. The summed E-state index contributed by atoms with van der Waals surface area (Å²) in [5, 5.41) is 7.03. The van der Waals surface area contributed by atoms with E-state index in [2.05, 4.69) is 15.5 Å². The van der Waals surface area contributed by atoms with E-state index in [1.54, 1.807) is 0 Å². The fraction of sp³-hybridized carbons (Fsp3) is 0.818. The first-order valence-corrected chi connectivity index (χ1v) is 8.16. The van der Waals surface area contributed by atoms with Gasteiger partial charge in [0.15, 0.2) is 15.7 Å². The molecular formula is C11H19N3O3S. The first-order chi connectivity index (χ1) is 8.61. The van der Waals surface area contributed by atoms with E-state index in [0.717, 1.165) is 25.9 Å². The number of piperidine rings is 1. The molecule has 1 fully saturated rings. The Balaban J connectivity index is 2.01. The van der Waals surface area contributed by atoms with Crippen LogP contribution in [0.25, 0.3) is 0 Å². The normalized spacial score (nSPS) is 18.1. The van der Waals surface area contributed by atoms with Gasteiger partial charge in [0.2, 0.25) is 5.89 Å². The fourth-order valence-electron chi connectivity index (χ4n) is 2.14. The van der Waals surface area contributed by atoms with Crippen LogP contribution in [0.15, 0.2) is 4.52 Å². The van der Waals surface area contributed by atoms with Crippen molar-refractivity contribution in [2.75, 3.05) is 18.8 Å². The molecule has 1 aliphatic heterocycles. The van der Waals surface area contributed by atoms with Crippen LogP contribution in [-0.4, -0.2) is 37.4 Å². The zero-order chi connectivity index (χ0) is 13.0. The Hall–Kier alpha value is -0.950. The second-order valence-electron chi connectivity index (χ2n) is 4.67. The van der Waals surface area contributed by atoms with Crippen molar-refractivity contribution in [1.82, 2.24) is 15.5 Å². The van der Waals surface area contributed by atoms with E-state index in [1.165, 1.54) is 0 Å². The maximum atomic E-state index is 11.7. The van der Waals surface area contributed by atoms with Gasteiger partial charge in [-0.15, -0.1) is 0 Å². The monoisotopic (exact) mass is 273 g/mol. The van der Waals surface area contributed by atoms with Gasteiger partial charge < -0.3 is 9.84 Å². The minimum Gasteiger partial charge on any atom is -0.339 e. The molecule has 0 aromatic carbocycles. The largest absolute Gasteiger partial charge is 0.339 e. The first kappa shape index (κ1) is 13.5. The average molecular weight is 273 g/mol. The minimum atomic E-state index is -3.10. The highest BCUT2D eigenvalue weighted by Crippen LogP contribution is 2.23. The fourth-order valence-corrected chi connectivity index (χ4v) is 3.42.